The van der Waals surface area contributed by atoms with Gasteiger partial charge in [0.1, 0.15) is 12.1 Å². The molecule has 0 heterocycles. The highest BCUT2D eigenvalue weighted by Gasteiger charge is 2.35. The molecule has 0 aliphatic heterocycles. The second-order valence-corrected chi connectivity index (χ2v) is 7.53. The van der Waals surface area contributed by atoms with Crippen LogP contribution in [-0.4, -0.2) is 6.29 Å². The molecule has 0 bridgehead atoms. The van der Waals surface area contributed by atoms with E-state index in [4.69, 9.17) is 11.6 Å². The molecule has 1 aromatic rings. The Labute approximate surface area is 137 Å². The summed E-state index contributed by atoms with van der Waals surface area (Å²) in [5, 5.41) is 0.216. The van der Waals surface area contributed by atoms with Crippen LogP contribution in [0.25, 0.3) is 0 Å². The van der Waals surface area contributed by atoms with Gasteiger partial charge in [-0.15, -0.1) is 0 Å². The molecule has 0 saturated heterocycles. The van der Waals surface area contributed by atoms with E-state index >= 15 is 0 Å². The fourth-order valence-corrected chi connectivity index (χ4v) is 4.74. The third-order valence-electron chi connectivity index (χ3n) is 5.83. The molecular formula is C19H24ClFO. The quantitative estimate of drug-likeness (QED) is 0.644. The minimum atomic E-state index is -0.293. The molecule has 4 atom stereocenters. The number of aldehydes is 1. The summed E-state index contributed by atoms with van der Waals surface area (Å²) < 4.78 is 13.7. The van der Waals surface area contributed by atoms with Gasteiger partial charge in [0.15, 0.2) is 0 Å². The van der Waals surface area contributed by atoms with Gasteiger partial charge in [0, 0.05) is 6.42 Å². The molecule has 22 heavy (non-hydrogen) atoms. The normalized spacial score (nSPS) is 31.5. The van der Waals surface area contributed by atoms with Crippen LogP contribution in [0.4, 0.5) is 4.39 Å². The topological polar surface area (TPSA) is 17.1 Å². The molecule has 4 unspecified atom stereocenters. The molecule has 2 fully saturated rings. The molecule has 0 amide bonds. The fraction of sp³-hybridized carbons (Fsp3) is 0.632. The summed E-state index contributed by atoms with van der Waals surface area (Å²) in [6.45, 7) is 0. The number of benzene rings is 1. The lowest BCUT2D eigenvalue weighted by Crippen LogP contribution is -2.30. The van der Waals surface area contributed by atoms with E-state index in [1.807, 2.05) is 6.07 Å². The van der Waals surface area contributed by atoms with E-state index in [0.717, 1.165) is 42.4 Å². The van der Waals surface area contributed by atoms with E-state index in [1.165, 1.54) is 32.1 Å². The number of fused-ring (bicyclic) bond motifs is 1. The van der Waals surface area contributed by atoms with E-state index in [-0.39, 0.29) is 10.8 Å². The zero-order valence-corrected chi connectivity index (χ0v) is 13.7. The molecule has 0 aromatic heterocycles. The lowest BCUT2D eigenvalue weighted by atomic mass is 9.63. The highest BCUT2D eigenvalue weighted by molar-refractivity contribution is 6.30. The zero-order valence-electron chi connectivity index (χ0n) is 12.9. The summed E-state index contributed by atoms with van der Waals surface area (Å²) >= 11 is 5.79. The average molecular weight is 323 g/mol. The largest absolute Gasteiger partial charge is 0.303 e. The van der Waals surface area contributed by atoms with Crippen LogP contribution < -0.4 is 0 Å². The Balaban J connectivity index is 1.60. The number of carbonyl (C=O) groups is 1. The van der Waals surface area contributed by atoms with Crippen molar-refractivity contribution in [1.29, 1.82) is 0 Å². The minimum Gasteiger partial charge on any atom is -0.303 e. The predicted octanol–water partition coefficient (Wildman–Crippen LogP) is 5.76. The van der Waals surface area contributed by atoms with E-state index < -0.39 is 0 Å². The first-order valence-electron chi connectivity index (χ1n) is 8.56. The number of rotatable bonds is 4. The van der Waals surface area contributed by atoms with Crippen molar-refractivity contribution in [2.24, 2.45) is 17.8 Å². The van der Waals surface area contributed by atoms with Crippen molar-refractivity contribution in [2.75, 3.05) is 0 Å². The van der Waals surface area contributed by atoms with E-state index in [1.54, 1.807) is 12.1 Å². The lowest BCUT2D eigenvalue weighted by molar-refractivity contribution is -0.108. The summed E-state index contributed by atoms with van der Waals surface area (Å²) in [7, 11) is 0. The lowest BCUT2D eigenvalue weighted by Gasteiger charge is -2.42. The first-order valence-corrected chi connectivity index (χ1v) is 8.93. The molecular weight excluding hydrogens is 299 g/mol. The number of hydrogen-bond acceptors (Lipinski definition) is 1. The Morgan fingerprint density at radius 1 is 1.14 bits per heavy atom. The van der Waals surface area contributed by atoms with E-state index in [9.17, 15) is 9.18 Å². The number of halogens is 2. The smallest absolute Gasteiger partial charge is 0.142 e. The Hall–Kier alpha value is -0.890. The maximum absolute atomic E-state index is 13.7. The first kappa shape index (κ1) is 16.0. The van der Waals surface area contributed by atoms with Gasteiger partial charge in [0.2, 0.25) is 0 Å². The highest BCUT2D eigenvalue weighted by Crippen LogP contribution is 2.48. The van der Waals surface area contributed by atoms with Crippen LogP contribution in [0.1, 0.15) is 62.8 Å². The summed E-state index contributed by atoms with van der Waals surface area (Å²) in [6, 6.07) is 5.31. The molecule has 2 aliphatic rings. The Morgan fingerprint density at radius 2 is 1.91 bits per heavy atom. The SMILES string of the molecule is O=CCCC1CCC2CC(c3ccc(Cl)c(F)c3)CCC2C1. The minimum absolute atomic E-state index is 0.216. The van der Waals surface area contributed by atoms with Crippen LogP contribution in [0, 0.1) is 23.6 Å². The molecule has 0 N–H and O–H groups in total. The maximum Gasteiger partial charge on any atom is 0.142 e. The Morgan fingerprint density at radius 3 is 2.68 bits per heavy atom. The molecule has 2 aliphatic carbocycles. The fourth-order valence-electron chi connectivity index (χ4n) is 4.62. The van der Waals surface area contributed by atoms with Crippen molar-refractivity contribution in [3.8, 4) is 0 Å². The van der Waals surface area contributed by atoms with Gasteiger partial charge in [-0.2, -0.15) is 0 Å². The van der Waals surface area contributed by atoms with Crippen molar-refractivity contribution < 1.29 is 9.18 Å². The second-order valence-electron chi connectivity index (χ2n) is 7.13. The summed E-state index contributed by atoms with van der Waals surface area (Å²) in [5.41, 5.74) is 1.11. The van der Waals surface area contributed by atoms with Gasteiger partial charge in [-0.25, -0.2) is 4.39 Å². The maximum atomic E-state index is 13.7. The van der Waals surface area contributed by atoms with Crippen LogP contribution in [0.5, 0.6) is 0 Å². The van der Waals surface area contributed by atoms with Crippen molar-refractivity contribution in [3.63, 3.8) is 0 Å². The second kappa shape index (κ2) is 7.12. The van der Waals surface area contributed by atoms with Gasteiger partial charge < -0.3 is 4.79 Å². The predicted molar refractivity (Wildman–Crippen MR) is 87.6 cm³/mol. The molecule has 3 heteroatoms. The van der Waals surface area contributed by atoms with Gasteiger partial charge in [-0.05, 0) is 79.9 Å². The molecule has 3 rings (SSSR count). The monoisotopic (exact) mass is 322 g/mol. The van der Waals surface area contributed by atoms with Crippen LogP contribution in [0.2, 0.25) is 5.02 Å². The Kier molecular flexibility index (Phi) is 5.18. The molecule has 0 radical (unpaired) electrons. The zero-order chi connectivity index (χ0) is 15.5. The van der Waals surface area contributed by atoms with Crippen molar-refractivity contribution >= 4 is 17.9 Å². The molecule has 120 valence electrons. The van der Waals surface area contributed by atoms with E-state index in [0.29, 0.717) is 12.3 Å². The standard InChI is InChI=1S/C19H24ClFO/c20-18-8-7-17(12-19(18)21)16-6-5-14-10-13(2-1-9-22)3-4-15(14)11-16/h7-9,12-16H,1-6,10-11H2. The third kappa shape index (κ3) is 3.53. The van der Waals surface area contributed by atoms with Crippen molar-refractivity contribution in [2.45, 2.75) is 57.3 Å². The van der Waals surface area contributed by atoms with Crippen LogP contribution in [0.3, 0.4) is 0 Å². The van der Waals surface area contributed by atoms with Gasteiger partial charge in [0.25, 0.3) is 0 Å². The molecule has 2 saturated carbocycles. The van der Waals surface area contributed by atoms with Gasteiger partial charge >= 0.3 is 0 Å². The van der Waals surface area contributed by atoms with E-state index in [2.05, 4.69) is 0 Å². The van der Waals surface area contributed by atoms with Crippen molar-refractivity contribution in [1.82, 2.24) is 0 Å². The molecule has 1 aromatic carbocycles. The first-order chi connectivity index (χ1) is 10.7. The summed E-state index contributed by atoms with van der Waals surface area (Å²) in [5.74, 6) is 2.54. The summed E-state index contributed by atoms with van der Waals surface area (Å²) in [6.07, 6.45) is 10.3. The molecule has 0 spiro atoms. The van der Waals surface area contributed by atoms with Gasteiger partial charge in [-0.1, -0.05) is 24.1 Å². The Bertz CT molecular complexity index is 530. The summed E-state index contributed by atoms with van der Waals surface area (Å²) in [4.78, 5) is 10.5. The number of hydrogen-bond donors (Lipinski definition) is 0. The van der Waals surface area contributed by atoms with Gasteiger partial charge in [-0.3, -0.25) is 0 Å². The highest BCUT2D eigenvalue weighted by atomic mass is 35.5. The van der Waals surface area contributed by atoms with Crippen LogP contribution in [-0.2, 0) is 4.79 Å². The van der Waals surface area contributed by atoms with Crippen LogP contribution in [0.15, 0.2) is 18.2 Å². The number of carbonyl (C=O) groups excluding carboxylic acids is 1. The molecule has 1 nitrogen and oxygen atoms in total. The van der Waals surface area contributed by atoms with Gasteiger partial charge in [0.05, 0.1) is 5.02 Å². The van der Waals surface area contributed by atoms with Crippen LogP contribution >= 0.6 is 11.6 Å². The van der Waals surface area contributed by atoms with Crippen molar-refractivity contribution in [3.05, 3.63) is 34.6 Å². The average Bonchev–Trinajstić information content (AvgIpc) is 2.55. The third-order valence-corrected chi connectivity index (χ3v) is 6.14.